The number of fused-ring (bicyclic) bond motifs is 3. The minimum absolute atomic E-state index is 0.0943. The molecule has 1 aromatic heterocycles. The van der Waals surface area contributed by atoms with Crippen LogP contribution in [0.2, 0.25) is 0 Å². The van der Waals surface area contributed by atoms with E-state index in [1.807, 2.05) is 12.1 Å². The van der Waals surface area contributed by atoms with E-state index in [1.54, 1.807) is 0 Å². The lowest BCUT2D eigenvalue weighted by Gasteiger charge is -2.21. The minimum atomic E-state index is -0.0943. The van der Waals surface area contributed by atoms with Crippen molar-refractivity contribution >= 4 is 0 Å². The second-order valence-corrected chi connectivity index (χ2v) is 12.2. The first-order valence-electron chi connectivity index (χ1n) is 15.5. The van der Waals surface area contributed by atoms with E-state index in [9.17, 15) is 0 Å². The van der Waals surface area contributed by atoms with E-state index in [-0.39, 0.29) is 5.41 Å². The molecule has 1 heterocycles. The molecule has 0 fully saturated rings. The van der Waals surface area contributed by atoms with Gasteiger partial charge in [0.25, 0.3) is 0 Å². The molecule has 0 unspecified atom stereocenters. The van der Waals surface area contributed by atoms with Crippen molar-refractivity contribution in [3.63, 3.8) is 0 Å². The zero-order chi connectivity index (χ0) is 30.4. The Hall–Kier alpha value is -5.60. The SMILES string of the molecule is CC1(C)c2ccccc2-c2c(-c3nc(-c4ccc(-c5ccccc5)cc4)cc(-c4ccc(-c5ccccc5)cc4)n3)cccc21. The molecule has 0 saturated carbocycles. The smallest absolute Gasteiger partial charge is 0.161 e. The van der Waals surface area contributed by atoms with E-state index in [4.69, 9.17) is 9.97 Å². The summed E-state index contributed by atoms with van der Waals surface area (Å²) in [6, 6.07) is 55.9. The summed E-state index contributed by atoms with van der Waals surface area (Å²) >= 11 is 0. The first kappa shape index (κ1) is 27.0. The molecular formula is C43H32N2. The number of hydrogen-bond donors (Lipinski definition) is 0. The fraction of sp³-hybridized carbons (Fsp3) is 0.0698. The lowest BCUT2D eigenvalue weighted by molar-refractivity contribution is 0.660. The van der Waals surface area contributed by atoms with Crippen molar-refractivity contribution in [1.82, 2.24) is 9.97 Å². The monoisotopic (exact) mass is 576 g/mol. The van der Waals surface area contributed by atoms with E-state index < -0.39 is 0 Å². The third-order valence-corrected chi connectivity index (χ3v) is 9.15. The van der Waals surface area contributed by atoms with E-state index in [0.717, 1.165) is 33.9 Å². The zero-order valence-electron chi connectivity index (χ0n) is 25.4. The van der Waals surface area contributed by atoms with Gasteiger partial charge in [0.15, 0.2) is 5.82 Å². The highest BCUT2D eigenvalue weighted by atomic mass is 14.9. The molecule has 0 N–H and O–H groups in total. The van der Waals surface area contributed by atoms with E-state index >= 15 is 0 Å². The topological polar surface area (TPSA) is 25.8 Å². The highest BCUT2D eigenvalue weighted by Gasteiger charge is 2.37. The lowest BCUT2D eigenvalue weighted by atomic mass is 9.82. The summed E-state index contributed by atoms with van der Waals surface area (Å²) in [7, 11) is 0. The number of nitrogens with zero attached hydrogens (tertiary/aromatic N) is 2. The maximum absolute atomic E-state index is 5.25. The molecule has 0 atom stereocenters. The lowest BCUT2D eigenvalue weighted by Crippen LogP contribution is -2.14. The molecular weight excluding hydrogens is 544 g/mol. The van der Waals surface area contributed by atoms with Gasteiger partial charge in [0, 0.05) is 22.1 Å². The number of benzene rings is 6. The molecule has 8 rings (SSSR count). The maximum atomic E-state index is 5.25. The second kappa shape index (κ2) is 10.8. The van der Waals surface area contributed by atoms with Gasteiger partial charge in [-0.1, -0.05) is 166 Å². The second-order valence-electron chi connectivity index (χ2n) is 12.2. The van der Waals surface area contributed by atoms with Crippen molar-refractivity contribution in [1.29, 1.82) is 0 Å². The molecule has 7 aromatic rings. The molecule has 214 valence electrons. The average Bonchev–Trinajstić information content (AvgIpc) is 3.35. The molecule has 45 heavy (non-hydrogen) atoms. The Labute approximate surface area is 264 Å². The van der Waals surface area contributed by atoms with Crippen LogP contribution in [-0.2, 0) is 5.41 Å². The standard InChI is InChI=1S/C43H32N2/c1-43(2)37-18-10-9-16-35(37)41-36(17-11-19-38(41)43)42-44-39(33-24-20-31(21-25-33)29-12-5-3-6-13-29)28-40(45-42)34-26-22-32(23-27-34)30-14-7-4-8-15-30/h3-28H,1-2H3. The highest BCUT2D eigenvalue weighted by molar-refractivity contribution is 5.91. The Morgan fingerprint density at radius 3 is 1.36 bits per heavy atom. The normalized spacial score (nSPS) is 12.8. The van der Waals surface area contributed by atoms with Gasteiger partial charge in [0.1, 0.15) is 0 Å². The van der Waals surface area contributed by atoms with Gasteiger partial charge in [0.05, 0.1) is 11.4 Å². The van der Waals surface area contributed by atoms with Gasteiger partial charge < -0.3 is 0 Å². The Bertz CT molecular complexity index is 2040. The minimum Gasteiger partial charge on any atom is -0.228 e. The molecule has 6 aromatic carbocycles. The summed E-state index contributed by atoms with van der Waals surface area (Å²) in [6.07, 6.45) is 0. The largest absolute Gasteiger partial charge is 0.228 e. The van der Waals surface area contributed by atoms with Crippen LogP contribution in [0.5, 0.6) is 0 Å². The summed E-state index contributed by atoms with van der Waals surface area (Å²) in [4.78, 5) is 10.5. The molecule has 0 saturated heterocycles. The van der Waals surface area contributed by atoms with E-state index in [0.29, 0.717) is 0 Å². The van der Waals surface area contributed by atoms with Crippen LogP contribution in [0.4, 0.5) is 0 Å². The molecule has 0 spiro atoms. The van der Waals surface area contributed by atoms with Gasteiger partial charge in [-0.2, -0.15) is 0 Å². The number of hydrogen-bond acceptors (Lipinski definition) is 2. The van der Waals surface area contributed by atoms with Crippen LogP contribution in [-0.4, -0.2) is 9.97 Å². The third kappa shape index (κ3) is 4.76. The number of rotatable bonds is 5. The van der Waals surface area contributed by atoms with E-state index in [1.165, 1.54) is 44.5 Å². The molecule has 0 amide bonds. The molecule has 0 radical (unpaired) electrons. The van der Waals surface area contributed by atoms with Gasteiger partial charge in [-0.15, -0.1) is 0 Å². The number of aromatic nitrogens is 2. The molecule has 1 aliphatic carbocycles. The average molecular weight is 577 g/mol. The van der Waals surface area contributed by atoms with Crippen LogP contribution in [0, 0.1) is 0 Å². The van der Waals surface area contributed by atoms with Crippen LogP contribution >= 0.6 is 0 Å². The van der Waals surface area contributed by atoms with Gasteiger partial charge >= 0.3 is 0 Å². The summed E-state index contributed by atoms with van der Waals surface area (Å²) in [5, 5.41) is 0. The van der Waals surface area contributed by atoms with Crippen LogP contribution in [0.1, 0.15) is 25.0 Å². The predicted molar refractivity (Wildman–Crippen MR) is 187 cm³/mol. The third-order valence-electron chi connectivity index (χ3n) is 9.15. The fourth-order valence-electron chi connectivity index (χ4n) is 6.73. The molecule has 2 heteroatoms. The Kier molecular flexibility index (Phi) is 6.50. The van der Waals surface area contributed by atoms with Crippen molar-refractivity contribution in [2.24, 2.45) is 0 Å². The quantitative estimate of drug-likeness (QED) is 0.204. The summed E-state index contributed by atoms with van der Waals surface area (Å²) < 4.78 is 0. The van der Waals surface area contributed by atoms with Crippen molar-refractivity contribution < 1.29 is 0 Å². The molecule has 2 nitrogen and oxygen atoms in total. The summed E-state index contributed by atoms with van der Waals surface area (Å²) in [6.45, 7) is 4.62. The van der Waals surface area contributed by atoms with Gasteiger partial charge in [-0.05, 0) is 50.6 Å². The van der Waals surface area contributed by atoms with Crippen LogP contribution in [0.3, 0.4) is 0 Å². The Morgan fingerprint density at radius 2 is 0.800 bits per heavy atom. The molecule has 0 bridgehead atoms. The van der Waals surface area contributed by atoms with Crippen LogP contribution < -0.4 is 0 Å². The maximum Gasteiger partial charge on any atom is 0.161 e. The first-order chi connectivity index (χ1) is 22.1. The Balaban J connectivity index is 1.29. The fourth-order valence-corrected chi connectivity index (χ4v) is 6.73. The van der Waals surface area contributed by atoms with Crippen molar-refractivity contribution in [2.75, 3.05) is 0 Å². The van der Waals surface area contributed by atoms with Gasteiger partial charge in [0.2, 0.25) is 0 Å². The van der Waals surface area contributed by atoms with E-state index in [2.05, 4.69) is 159 Å². The highest BCUT2D eigenvalue weighted by Crippen LogP contribution is 2.51. The Morgan fingerprint density at radius 1 is 0.378 bits per heavy atom. The summed E-state index contributed by atoms with van der Waals surface area (Å²) in [5.41, 5.74) is 14.8. The first-order valence-corrected chi connectivity index (χ1v) is 15.5. The zero-order valence-corrected chi connectivity index (χ0v) is 25.4. The van der Waals surface area contributed by atoms with Crippen LogP contribution in [0.25, 0.3) is 67.3 Å². The molecule has 0 aliphatic heterocycles. The van der Waals surface area contributed by atoms with Crippen molar-refractivity contribution in [2.45, 2.75) is 19.3 Å². The van der Waals surface area contributed by atoms with Gasteiger partial charge in [-0.3, -0.25) is 0 Å². The van der Waals surface area contributed by atoms with Crippen LogP contribution in [0.15, 0.2) is 158 Å². The van der Waals surface area contributed by atoms with Gasteiger partial charge in [-0.25, -0.2) is 9.97 Å². The summed E-state index contributed by atoms with van der Waals surface area (Å²) in [5.74, 6) is 0.742. The van der Waals surface area contributed by atoms with Crippen molar-refractivity contribution in [3.05, 3.63) is 169 Å². The molecule has 1 aliphatic rings. The predicted octanol–water partition coefficient (Wildman–Crippen LogP) is 11.1. The van der Waals surface area contributed by atoms with Crippen molar-refractivity contribution in [3.8, 4) is 67.3 Å².